The van der Waals surface area contributed by atoms with E-state index in [0.29, 0.717) is 16.8 Å². The lowest BCUT2D eigenvalue weighted by atomic mass is 10.2. The second kappa shape index (κ2) is 7.15. The number of benzene rings is 2. The molecule has 0 aromatic heterocycles. The summed E-state index contributed by atoms with van der Waals surface area (Å²) in [6.07, 6.45) is -0.634. The molecule has 0 aliphatic heterocycles. The third-order valence-electron chi connectivity index (χ3n) is 2.74. The van der Waals surface area contributed by atoms with E-state index in [1.165, 1.54) is 6.07 Å². The molecule has 0 bridgehead atoms. The summed E-state index contributed by atoms with van der Waals surface area (Å²) in [7, 11) is 0. The first-order valence-corrected chi connectivity index (χ1v) is 6.73. The van der Waals surface area contributed by atoms with E-state index >= 15 is 0 Å². The van der Waals surface area contributed by atoms with Crippen molar-refractivity contribution in [1.29, 1.82) is 0 Å². The Bertz CT molecular complexity index is 768. The zero-order valence-electron chi connectivity index (χ0n) is 11.5. The summed E-state index contributed by atoms with van der Waals surface area (Å²) in [5, 5.41) is 4.82. The number of carbonyl (C=O) groups excluding carboxylic acids is 2. The molecule has 0 saturated heterocycles. The van der Waals surface area contributed by atoms with Crippen molar-refractivity contribution in [3.05, 3.63) is 58.9 Å². The lowest BCUT2D eigenvalue weighted by Gasteiger charge is -2.08. The number of rotatable bonds is 4. The minimum atomic E-state index is -1.70. The van der Waals surface area contributed by atoms with Crippen LogP contribution in [0, 0.1) is 17.5 Å². The van der Waals surface area contributed by atoms with Crippen molar-refractivity contribution in [3.8, 4) is 0 Å². The predicted octanol–water partition coefficient (Wildman–Crippen LogP) is 3.72. The van der Waals surface area contributed by atoms with Crippen LogP contribution in [0.15, 0.2) is 36.4 Å². The normalized spacial score (nSPS) is 10.3. The second-order valence-corrected chi connectivity index (χ2v) is 4.94. The van der Waals surface area contributed by atoms with Gasteiger partial charge in [0.15, 0.2) is 17.5 Å². The van der Waals surface area contributed by atoms with Gasteiger partial charge in [0.25, 0.3) is 0 Å². The maximum atomic E-state index is 13.4. The van der Waals surface area contributed by atoms with E-state index in [4.69, 9.17) is 11.6 Å². The SMILES string of the molecule is O=C(CC(=O)Nc1ccc(F)c(F)c1F)Nc1cccc(Cl)c1. The average Bonchev–Trinajstić information content (AvgIpc) is 2.47. The van der Waals surface area contributed by atoms with Gasteiger partial charge in [-0.2, -0.15) is 0 Å². The van der Waals surface area contributed by atoms with E-state index in [1.807, 2.05) is 5.32 Å². The second-order valence-electron chi connectivity index (χ2n) is 4.51. The summed E-state index contributed by atoms with van der Waals surface area (Å²) >= 11 is 5.75. The first-order chi connectivity index (χ1) is 10.9. The molecule has 8 heteroatoms. The number of hydrogen-bond acceptors (Lipinski definition) is 2. The number of anilines is 2. The molecule has 120 valence electrons. The number of carbonyl (C=O) groups is 2. The Morgan fingerprint density at radius 1 is 0.957 bits per heavy atom. The van der Waals surface area contributed by atoms with Crippen molar-refractivity contribution in [2.45, 2.75) is 6.42 Å². The smallest absolute Gasteiger partial charge is 0.233 e. The molecule has 0 aliphatic carbocycles. The topological polar surface area (TPSA) is 58.2 Å². The Morgan fingerprint density at radius 2 is 1.65 bits per heavy atom. The highest BCUT2D eigenvalue weighted by Crippen LogP contribution is 2.20. The van der Waals surface area contributed by atoms with Gasteiger partial charge in [0.05, 0.1) is 5.69 Å². The zero-order chi connectivity index (χ0) is 17.0. The molecule has 0 atom stereocenters. The third kappa shape index (κ3) is 4.46. The zero-order valence-corrected chi connectivity index (χ0v) is 12.3. The Morgan fingerprint density at radius 3 is 2.35 bits per heavy atom. The van der Waals surface area contributed by atoms with Crippen LogP contribution in [0.1, 0.15) is 6.42 Å². The maximum absolute atomic E-state index is 13.4. The van der Waals surface area contributed by atoms with E-state index in [0.717, 1.165) is 6.07 Å². The highest BCUT2D eigenvalue weighted by molar-refractivity contribution is 6.30. The molecule has 23 heavy (non-hydrogen) atoms. The van der Waals surface area contributed by atoms with Crippen molar-refractivity contribution in [1.82, 2.24) is 0 Å². The van der Waals surface area contributed by atoms with Gasteiger partial charge >= 0.3 is 0 Å². The van der Waals surface area contributed by atoms with Crippen molar-refractivity contribution in [2.75, 3.05) is 10.6 Å². The van der Waals surface area contributed by atoms with Crippen LogP contribution < -0.4 is 10.6 Å². The predicted molar refractivity (Wildman–Crippen MR) is 79.6 cm³/mol. The Balaban J connectivity index is 1.97. The van der Waals surface area contributed by atoms with Crippen molar-refractivity contribution in [3.63, 3.8) is 0 Å². The minimum absolute atomic E-state index is 0.384. The fraction of sp³-hybridized carbons (Fsp3) is 0.0667. The molecule has 2 amide bonds. The van der Waals surface area contributed by atoms with Crippen LogP contribution in [-0.4, -0.2) is 11.8 Å². The van der Waals surface area contributed by atoms with E-state index in [1.54, 1.807) is 18.2 Å². The Kier molecular flexibility index (Phi) is 5.23. The fourth-order valence-electron chi connectivity index (χ4n) is 1.73. The van der Waals surface area contributed by atoms with Crippen LogP contribution in [0.5, 0.6) is 0 Å². The van der Waals surface area contributed by atoms with Gasteiger partial charge in [0.1, 0.15) is 6.42 Å². The molecule has 0 radical (unpaired) electrons. The van der Waals surface area contributed by atoms with Crippen LogP contribution in [0.4, 0.5) is 24.5 Å². The van der Waals surface area contributed by atoms with Crippen molar-refractivity contribution in [2.24, 2.45) is 0 Å². The van der Waals surface area contributed by atoms with E-state index in [2.05, 4.69) is 5.32 Å². The molecule has 0 unspecified atom stereocenters. The minimum Gasteiger partial charge on any atom is -0.326 e. The van der Waals surface area contributed by atoms with Gasteiger partial charge < -0.3 is 10.6 Å². The van der Waals surface area contributed by atoms with Crippen LogP contribution in [0.25, 0.3) is 0 Å². The first-order valence-electron chi connectivity index (χ1n) is 6.35. The molecule has 2 aromatic carbocycles. The number of amides is 2. The number of hydrogen-bond donors (Lipinski definition) is 2. The van der Waals surface area contributed by atoms with Crippen molar-refractivity contribution < 1.29 is 22.8 Å². The highest BCUT2D eigenvalue weighted by Gasteiger charge is 2.16. The summed E-state index contributed by atoms with van der Waals surface area (Å²) in [6, 6.07) is 7.79. The molecule has 2 rings (SSSR count). The quantitative estimate of drug-likeness (QED) is 0.657. The Labute approximate surface area is 134 Å². The summed E-state index contributed by atoms with van der Waals surface area (Å²) in [6.45, 7) is 0. The summed E-state index contributed by atoms with van der Waals surface area (Å²) in [4.78, 5) is 23.3. The van der Waals surface area contributed by atoms with Gasteiger partial charge in [-0.25, -0.2) is 13.2 Å². The molecule has 0 spiro atoms. The monoisotopic (exact) mass is 342 g/mol. The molecular formula is C15H10ClF3N2O2. The van der Waals surface area contributed by atoms with Crippen LogP contribution in [0.3, 0.4) is 0 Å². The van der Waals surface area contributed by atoms with Gasteiger partial charge in [-0.15, -0.1) is 0 Å². The van der Waals surface area contributed by atoms with Gasteiger partial charge in [0, 0.05) is 10.7 Å². The number of nitrogens with one attached hydrogen (secondary N) is 2. The van der Waals surface area contributed by atoms with Crippen LogP contribution in [0.2, 0.25) is 5.02 Å². The molecule has 0 heterocycles. The largest absolute Gasteiger partial charge is 0.326 e. The molecule has 2 N–H and O–H groups in total. The van der Waals surface area contributed by atoms with Gasteiger partial charge in [-0.1, -0.05) is 17.7 Å². The molecule has 4 nitrogen and oxygen atoms in total. The standard InChI is InChI=1S/C15H10ClF3N2O2/c16-8-2-1-3-9(6-8)20-12(22)7-13(23)21-11-5-4-10(17)14(18)15(11)19/h1-6H,7H2,(H,20,22)(H,21,23). The maximum Gasteiger partial charge on any atom is 0.233 e. The van der Waals surface area contributed by atoms with Crippen LogP contribution in [-0.2, 0) is 9.59 Å². The van der Waals surface area contributed by atoms with E-state index in [9.17, 15) is 22.8 Å². The highest BCUT2D eigenvalue weighted by atomic mass is 35.5. The van der Waals surface area contributed by atoms with Crippen molar-refractivity contribution >= 4 is 34.8 Å². The lowest BCUT2D eigenvalue weighted by molar-refractivity contribution is -0.123. The van der Waals surface area contributed by atoms with Gasteiger partial charge in [-0.3, -0.25) is 9.59 Å². The molecule has 0 saturated carbocycles. The van der Waals surface area contributed by atoms with Crippen LogP contribution >= 0.6 is 11.6 Å². The van der Waals surface area contributed by atoms with E-state index < -0.39 is 41.4 Å². The molecule has 0 aliphatic rings. The molecular weight excluding hydrogens is 333 g/mol. The fourth-order valence-corrected chi connectivity index (χ4v) is 1.92. The summed E-state index contributed by atoms with van der Waals surface area (Å²) < 4.78 is 39.2. The lowest BCUT2D eigenvalue weighted by Crippen LogP contribution is -2.22. The van der Waals surface area contributed by atoms with Gasteiger partial charge in [0.2, 0.25) is 11.8 Å². The third-order valence-corrected chi connectivity index (χ3v) is 2.97. The molecule has 0 fully saturated rings. The average molecular weight is 343 g/mol. The first kappa shape index (κ1) is 16.8. The Hall–Kier alpha value is -2.54. The number of halogens is 4. The summed E-state index contributed by atoms with van der Waals surface area (Å²) in [5.74, 6) is -6.17. The summed E-state index contributed by atoms with van der Waals surface area (Å²) in [5.41, 5.74) is -0.168. The molecule has 2 aromatic rings. The van der Waals surface area contributed by atoms with E-state index in [-0.39, 0.29) is 0 Å². The van der Waals surface area contributed by atoms with Gasteiger partial charge in [-0.05, 0) is 30.3 Å².